The second-order valence-electron chi connectivity index (χ2n) is 8.52. The SMILES string of the molecule is Cc1ccc(C)c(/C(O)=C2\C(=O)C(=O)N(c3nc4ccc(C)cc4[nH]3)C2c2ccc(C)o2)c1. The highest BCUT2D eigenvalue weighted by molar-refractivity contribution is 6.51. The third-order valence-electron chi connectivity index (χ3n) is 5.98. The van der Waals surface area contributed by atoms with Crippen LogP contribution in [0.25, 0.3) is 16.8 Å². The molecule has 1 atom stereocenters. The van der Waals surface area contributed by atoms with E-state index >= 15 is 0 Å². The van der Waals surface area contributed by atoms with Gasteiger partial charge in [0.15, 0.2) is 0 Å². The summed E-state index contributed by atoms with van der Waals surface area (Å²) in [6.45, 7) is 7.49. The lowest BCUT2D eigenvalue weighted by Gasteiger charge is -2.21. The van der Waals surface area contributed by atoms with Crippen molar-refractivity contribution < 1.29 is 19.1 Å². The van der Waals surface area contributed by atoms with Gasteiger partial charge in [0.1, 0.15) is 23.3 Å². The number of hydrogen-bond acceptors (Lipinski definition) is 5. The van der Waals surface area contributed by atoms with Crippen LogP contribution in [-0.4, -0.2) is 26.8 Å². The Hall–Kier alpha value is -4.13. The molecule has 0 saturated carbocycles. The Morgan fingerprint density at radius 2 is 1.73 bits per heavy atom. The van der Waals surface area contributed by atoms with Crippen LogP contribution in [0.4, 0.5) is 5.95 Å². The van der Waals surface area contributed by atoms with E-state index in [0.29, 0.717) is 22.6 Å². The number of nitrogens with one attached hydrogen (secondary N) is 1. The molecule has 7 nitrogen and oxygen atoms in total. The Morgan fingerprint density at radius 3 is 2.45 bits per heavy atom. The van der Waals surface area contributed by atoms with Crippen molar-refractivity contribution in [1.82, 2.24) is 9.97 Å². The smallest absolute Gasteiger partial charge is 0.302 e. The van der Waals surface area contributed by atoms with E-state index in [-0.39, 0.29) is 17.3 Å². The number of carbonyl (C=O) groups is 2. The maximum atomic E-state index is 13.3. The molecule has 33 heavy (non-hydrogen) atoms. The van der Waals surface area contributed by atoms with Crippen LogP contribution in [0.5, 0.6) is 0 Å². The molecule has 3 heterocycles. The number of rotatable bonds is 3. The lowest BCUT2D eigenvalue weighted by atomic mass is 9.96. The van der Waals surface area contributed by atoms with Gasteiger partial charge in [-0.15, -0.1) is 0 Å². The summed E-state index contributed by atoms with van der Waals surface area (Å²) < 4.78 is 5.85. The van der Waals surface area contributed by atoms with E-state index in [4.69, 9.17) is 4.42 Å². The summed E-state index contributed by atoms with van der Waals surface area (Å²) in [7, 11) is 0. The van der Waals surface area contributed by atoms with Crippen LogP contribution < -0.4 is 4.90 Å². The van der Waals surface area contributed by atoms with Crippen LogP contribution in [0.2, 0.25) is 0 Å². The molecule has 0 aliphatic carbocycles. The molecule has 2 aromatic heterocycles. The first kappa shape index (κ1) is 20.8. The molecular formula is C26H23N3O4. The number of nitrogens with zero attached hydrogens (tertiary/aromatic N) is 2. The lowest BCUT2D eigenvalue weighted by Crippen LogP contribution is -2.30. The summed E-state index contributed by atoms with van der Waals surface area (Å²) >= 11 is 0. The van der Waals surface area contributed by atoms with Gasteiger partial charge in [-0.1, -0.05) is 23.8 Å². The van der Waals surface area contributed by atoms with Gasteiger partial charge in [0.2, 0.25) is 5.95 Å². The van der Waals surface area contributed by atoms with E-state index in [1.807, 2.05) is 51.1 Å². The second kappa shape index (κ2) is 7.48. The number of amides is 1. The van der Waals surface area contributed by atoms with Crippen LogP contribution in [0, 0.1) is 27.7 Å². The standard InChI is InChI=1S/C26H23N3O4/c1-13-5-7-15(3)17(11-13)23(30)21-22(20-10-8-16(4)33-20)29(25(32)24(21)31)26-27-18-9-6-14(2)12-19(18)28-26/h5-12,22,30H,1-4H3,(H,27,28)/b23-21+. The van der Waals surface area contributed by atoms with E-state index in [2.05, 4.69) is 9.97 Å². The normalized spacial score (nSPS) is 17.9. The maximum absolute atomic E-state index is 13.3. The molecule has 0 bridgehead atoms. The predicted molar refractivity (Wildman–Crippen MR) is 125 cm³/mol. The molecule has 2 aromatic carbocycles. The van der Waals surface area contributed by atoms with Crippen molar-refractivity contribution in [3.8, 4) is 0 Å². The Balaban J connectivity index is 1.75. The van der Waals surface area contributed by atoms with Crippen LogP contribution in [0.15, 0.2) is 58.5 Å². The quantitative estimate of drug-likeness (QED) is 0.264. The molecule has 0 spiro atoms. The van der Waals surface area contributed by atoms with E-state index < -0.39 is 17.7 Å². The summed E-state index contributed by atoms with van der Waals surface area (Å²) in [5, 5.41) is 11.3. The number of benzene rings is 2. The first-order valence-corrected chi connectivity index (χ1v) is 10.7. The summed E-state index contributed by atoms with van der Waals surface area (Å²) in [6, 6.07) is 13.8. The van der Waals surface area contributed by atoms with Gasteiger partial charge in [-0.25, -0.2) is 4.98 Å². The molecular weight excluding hydrogens is 418 g/mol. The number of aryl methyl sites for hydroxylation is 4. The van der Waals surface area contributed by atoms with Crippen LogP contribution in [0.3, 0.4) is 0 Å². The fourth-order valence-electron chi connectivity index (χ4n) is 4.28. The number of hydrogen-bond donors (Lipinski definition) is 2. The van der Waals surface area contributed by atoms with Crippen LogP contribution >= 0.6 is 0 Å². The summed E-state index contributed by atoms with van der Waals surface area (Å²) in [4.78, 5) is 35.5. The van der Waals surface area contributed by atoms with Gasteiger partial charge < -0.3 is 14.5 Å². The molecule has 1 aliphatic heterocycles. The van der Waals surface area contributed by atoms with Gasteiger partial charge in [-0.05, 0) is 69.2 Å². The van der Waals surface area contributed by atoms with Crippen molar-refractivity contribution in [2.75, 3.05) is 4.90 Å². The zero-order chi connectivity index (χ0) is 23.4. The minimum absolute atomic E-state index is 0.0281. The zero-order valence-corrected chi connectivity index (χ0v) is 18.8. The molecule has 5 rings (SSSR count). The predicted octanol–water partition coefficient (Wildman–Crippen LogP) is 5.02. The Bertz CT molecular complexity index is 1470. The molecule has 1 fully saturated rings. The molecule has 0 radical (unpaired) electrons. The van der Waals surface area contributed by atoms with Crippen molar-refractivity contribution in [2.45, 2.75) is 33.7 Å². The second-order valence-corrected chi connectivity index (χ2v) is 8.52. The number of aliphatic hydroxyl groups excluding tert-OH is 1. The minimum atomic E-state index is -0.958. The largest absolute Gasteiger partial charge is 0.507 e. The molecule has 166 valence electrons. The topological polar surface area (TPSA) is 99.4 Å². The van der Waals surface area contributed by atoms with Crippen molar-refractivity contribution in [3.05, 3.63) is 87.9 Å². The van der Waals surface area contributed by atoms with Gasteiger partial charge in [0.25, 0.3) is 5.78 Å². The number of aliphatic hydroxyl groups is 1. The molecule has 1 unspecified atom stereocenters. The van der Waals surface area contributed by atoms with Crippen molar-refractivity contribution in [1.29, 1.82) is 0 Å². The summed E-state index contributed by atoms with van der Waals surface area (Å²) in [6.07, 6.45) is 0. The molecule has 1 saturated heterocycles. The number of furan rings is 1. The zero-order valence-electron chi connectivity index (χ0n) is 18.8. The summed E-state index contributed by atoms with van der Waals surface area (Å²) in [5.74, 6) is -0.585. The first-order valence-electron chi connectivity index (χ1n) is 10.7. The first-order chi connectivity index (χ1) is 15.7. The van der Waals surface area contributed by atoms with Gasteiger partial charge in [-0.3, -0.25) is 14.5 Å². The Kier molecular flexibility index (Phi) is 4.70. The van der Waals surface area contributed by atoms with Crippen LogP contribution in [0.1, 0.15) is 39.8 Å². The van der Waals surface area contributed by atoms with Gasteiger partial charge in [-0.2, -0.15) is 0 Å². The number of anilines is 1. The van der Waals surface area contributed by atoms with Gasteiger partial charge in [0, 0.05) is 5.56 Å². The average molecular weight is 441 g/mol. The Labute approximate surface area is 190 Å². The number of Topliss-reactive ketones (excluding diaryl/α,β-unsaturated/α-hetero) is 1. The van der Waals surface area contributed by atoms with E-state index in [9.17, 15) is 14.7 Å². The fraction of sp³-hybridized carbons (Fsp3) is 0.192. The van der Waals surface area contributed by atoms with Crippen molar-refractivity contribution in [3.63, 3.8) is 0 Å². The number of aromatic amines is 1. The minimum Gasteiger partial charge on any atom is -0.507 e. The van der Waals surface area contributed by atoms with Gasteiger partial charge in [0.05, 0.1) is 16.6 Å². The number of carbonyl (C=O) groups excluding carboxylic acids is 2. The van der Waals surface area contributed by atoms with Gasteiger partial charge >= 0.3 is 5.91 Å². The van der Waals surface area contributed by atoms with E-state index in [0.717, 1.165) is 22.2 Å². The Morgan fingerprint density at radius 1 is 1.00 bits per heavy atom. The van der Waals surface area contributed by atoms with Crippen molar-refractivity contribution >= 4 is 34.4 Å². The molecule has 2 N–H and O–H groups in total. The number of H-pyrrole nitrogens is 1. The molecule has 1 amide bonds. The highest BCUT2D eigenvalue weighted by Gasteiger charge is 2.49. The summed E-state index contributed by atoms with van der Waals surface area (Å²) in [5.41, 5.74) is 4.64. The van der Waals surface area contributed by atoms with E-state index in [1.54, 1.807) is 25.1 Å². The van der Waals surface area contributed by atoms with Crippen LogP contribution in [-0.2, 0) is 9.59 Å². The number of fused-ring (bicyclic) bond motifs is 1. The molecule has 7 heteroatoms. The fourth-order valence-corrected chi connectivity index (χ4v) is 4.28. The monoisotopic (exact) mass is 441 g/mol. The third-order valence-corrected chi connectivity index (χ3v) is 5.98. The average Bonchev–Trinajstić information content (AvgIpc) is 3.45. The number of ketones is 1. The highest BCUT2D eigenvalue weighted by Crippen LogP contribution is 2.42. The highest BCUT2D eigenvalue weighted by atomic mass is 16.3. The molecule has 4 aromatic rings. The third kappa shape index (κ3) is 3.33. The van der Waals surface area contributed by atoms with Crippen molar-refractivity contribution in [2.24, 2.45) is 0 Å². The maximum Gasteiger partial charge on any atom is 0.302 e. The van der Waals surface area contributed by atoms with E-state index in [1.165, 1.54) is 4.90 Å². The number of aromatic nitrogens is 2. The lowest BCUT2D eigenvalue weighted by molar-refractivity contribution is -0.132. The molecule has 1 aliphatic rings. The number of imidazole rings is 1.